The van der Waals surface area contributed by atoms with Gasteiger partial charge in [0.15, 0.2) is 5.69 Å². The first-order valence-corrected chi connectivity index (χ1v) is 10.1. The predicted molar refractivity (Wildman–Crippen MR) is 121 cm³/mol. The molecule has 160 valence electrons. The standard InChI is InChI=1S/C25H21FN4O2/c1-4-32-23-12-16(8-9-22(23)19-10-20(26)13-21(11-19)27-2)25(31)30(3)15-18-7-5-6-17-14-28-29-24(17)18/h5-14H,4,15H2,1,3H3,(H,28,29). The topological polar surface area (TPSA) is 62.6 Å². The molecule has 3 aromatic carbocycles. The van der Waals surface area contributed by atoms with Crippen LogP contribution in [0.3, 0.4) is 0 Å². The second-order valence-corrected chi connectivity index (χ2v) is 7.37. The molecule has 1 N–H and O–H groups in total. The summed E-state index contributed by atoms with van der Waals surface area (Å²) in [7, 11) is 1.74. The number of aromatic amines is 1. The Morgan fingerprint density at radius 2 is 2.06 bits per heavy atom. The van der Waals surface area contributed by atoms with Gasteiger partial charge in [-0.15, -0.1) is 0 Å². The van der Waals surface area contributed by atoms with E-state index >= 15 is 0 Å². The number of benzene rings is 3. The maximum Gasteiger partial charge on any atom is 0.254 e. The van der Waals surface area contributed by atoms with Gasteiger partial charge in [0.05, 0.1) is 24.9 Å². The molecule has 0 aliphatic carbocycles. The van der Waals surface area contributed by atoms with Gasteiger partial charge in [-0.05, 0) is 54.4 Å². The Balaban J connectivity index is 1.64. The van der Waals surface area contributed by atoms with E-state index in [1.54, 1.807) is 42.4 Å². The van der Waals surface area contributed by atoms with Gasteiger partial charge in [-0.1, -0.05) is 18.2 Å². The number of halogens is 1. The van der Waals surface area contributed by atoms with Crippen molar-refractivity contribution >= 4 is 22.5 Å². The number of hydrogen-bond acceptors (Lipinski definition) is 3. The number of para-hydroxylation sites is 1. The molecule has 0 aliphatic heterocycles. The fraction of sp³-hybridized carbons (Fsp3) is 0.160. The van der Waals surface area contributed by atoms with Gasteiger partial charge in [0.2, 0.25) is 0 Å². The Hall–Kier alpha value is -4.18. The number of ether oxygens (including phenoxy) is 1. The summed E-state index contributed by atoms with van der Waals surface area (Å²) in [6.45, 7) is 9.80. The molecule has 32 heavy (non-hydrogen) atoms. The van der Waals surface area contributed by atoms with Gasteiger partial charge < -0.3 is 9.64 Å². The summed E-state index contributed by atoms with van der Waals surface area (Å²) >= 11 is 0. The minimum absolute atomic E-state index is 0.171. The van der Waals surface area contributed by atoms with Gasteiger partial charge in [-0.2, -0.15) is 5.10 Å². The molecule has 4 rings (SSSR count). The van der Waals surface area contributed by atoms with Crippen molar-refractivity contribution in [2.24, 2.45) is 0 Å². The maximum absolute atomic E-state index is 14.0. The van der Waals surface area contributed by atoms with Crippen molar-refractivity contribution < 1.29 is 13.9 Å². The zero-order valence-electron chi connectivity index (χ0n) is 17.7. The summed E-state index contributed by atoms with van der Waals surface area (Å²) in [4.78, 5) is 18.1. The Bertz CT molecular complexity index is 1340. The van der Waals surface area contributed by atoms with Crippen molar-refractivity contribution in [2.45, 2.75) is 13.5 Å². The highest BCUT2D eigenvalue weighted by Crippen LogP contribution is 2.34. The van der Waals surface area contributed by atoms with E-state index in [0.29, 0.717) is 35.6 Å². The molecule has 0 radical (unpaired) electrons. The molecule has 0 bridgehead atoms. The number of nitrogens with zero attached hydrogens (tertiary/aromatic N) is 3. The van der Waals surface area contributed by atoms with E-state index in [4.69, 9.17) is 11.3 Å². The van der Waals surface area contributed by atoms with Crippen molar-refractivity contribution in [1.82, 2.24) is 15.1 Å². The maximum atomic E-state index is 14.0. The summed E-state index contributed by atoms with van der Waals surface area (Å²) in [6, 6.07) is 15.1. The first-order valence-electron chi connectivity index (χ1n) is 10.1. The van der Waals surface area contributed by atoms with Crippen molar-refractivity contribution in [3.63, 3.8) is 0 Å². The second kappa shape index (κ2) is 8.90. The summed E-state index contributed by atoms with van der Waals surface area (Å²) < 4.78 is 19.7. The molecule has 0 atom stereocenters. The zero-order chi connectivity index (χ0) is 22.7. The van der Waals surface area contributed by atoms with Crippen LogP contribution in [0.25, 0.3) is 26.9 Å². The average Bonchev–Trinajstić information content (AvgIpc) is 3.28. The smallest absolute Gasteiger partial charge is 0.254 e. The van der Waals surface area contributed by atoms with Gasteiger partial charge >= 0.3 is 0 Å². The van der Waals surface area contributed by atoms with E-state index in [1.807, 2.05) is 25.1 Å². The number of amides is 1. The van der Waals surface area contributed by atoms with Gasteiger partial charge in [0.25, 0.3) is 5.91 Å². The molecular formula is C25H21FN4O2. The first-order chi connectivity index (χ1) is 15.5. The number of hydrogen-bond donors (Lipinski definition) is 1. The normalized spacial score (nSPS) is 10.7. The van der Waals surface area contributed by atoms with Gasteiger partial charge in [-0.25, -0.2) is 9.24 Å². The van der Waals surface area contributed by atoms with Crippen molar-refractivity contribution in [1.29, 1.82) is 0 Å². The van der Waals surface area contributed by atoms with E-state index in [0.717, 1.165) is 16.5 Å². The van der Waals surface area contributed by atoms with Crippen LogP contribution in [0.4, 0.5) is 10.1 Å². The zero-order valence-corrected chi connectivity index (χ0v) is 17.7. The molecule has 0 unspecified atom stereocenters. The van der Waals surface area contributed by atoms with Crippen molar-refractivity contribution in [3.8, 4) is 16.9 Å². The summed E-state index contributed by atoms with van der Waals surface area (Å²) in [5, 5.41) is 8.04. The summed E-state index contributed by atoms with van der Waals surface area (Å²) in [5.41, 5.74) is 3.67. The molecule has 0 fully saturated rings. The number of nitrogens with one attached hydrogen (secondary N) is 1. The molecule has 0 aliphatic rings. The molecule has 6 nitrogen and oxygen atoms in total. The van der Waals surface area contributed by atoms with Crippen LogP contribution in [0.2, 0.25) is 0 Å². The van der Waals surface area contributed by atoms with E-state index < -0.39 is 5.82 Å². The van der Waals surface area contributed by atoms with Crippen LogP contribution in [0, 0.1) is 12.4 Å². The highest BCUT2D eigenvalue weighted by atomic mass is 19.1. The SMILES string of the molecule is [C-]#[N+]c1cc(F)cc(-c2ccc(C(=O)N(C)Cc3cccc4cn[nH]c34)cc2OCC)c1. The molecule has 1 aromatic heterocycles. The fourth-order valence-electron chi connectivity index (χ4n) is 3.67. The lowest BCUT2D eigenvalue weighted by Gasteiger charge is -2.19. The highest BCUT2D eigenvalue weighted by molar-refractivity contribution is 5.96. The van der Waals surface area contributed by atoms with Crippen molar-refractivity contribution in [2.75, 3.05) is 13.7 Å². The fourth-order valence-corrected chi connectivity index (χ4v) is 3.67. The summed E-state index contributed by atoms with van der Waals surface area (Å²) in [6.07, 6.45) is 1.75. The van der Waals surface area contributed by atoms with Gasteiger partial charge in [0, 0.05) is 30.1 Å². The third-order valence-corrected chi connectivity index (χ3v) is 5.17. The summed E-state index contributed by atoms with van der Waals surface area (Å²) in [5.74, 6) is -0.206. The lowest BCUT2D eigenvalue weighted by atomic mass is 10.0. The van der Waals surface area contributed by atoms with Crippen LogP contribution in [0.15, 0.2) is 60.8 Å². The Kier molecular flexibility index (Phi) is 5.86. The minimum atomic E-state index is -0.496. The third-order valence-electron chi connectivity index (χ3n) is 5.17. The molecular weight excluding hydrogens is 407 g/mol. The monoisotopic (exact) mass is 428 g/mol. The van der Waals surface area contributed by atoms with Crippen LogP contribution in [0.1, 0.15) is 22.8 Å². The minimum Gasteiger partial charge on any atom is -0.493 e. The van der Waals surface area contributed by atoms with Crippen LogP contribution in [0.5, 0.6) is 5.75 Å². The average molecular weight is 428 g/mol. The van der Waals surface area contributed by atoms with E-state index in [9.17, 15) is 9.18 Å². The third kappa shape index (κ3) is 4.16. The van der Waals surface area contributed by atoms with E-state index in [2.05, 4.69) is 15.0 Å². The molecule has 1 heterocycles. The number of fused-ring (bicyclic) bond motifs is 1. The Labute approximate surface area is 185 Å². The quantitative estimate of drug-likeness (QED) is 0.407. The van der Waals surface area contributed by atoms with Crippen LogP contribution in [-0.4, -0.2) is 34.7 Å². The highest BCUT2D eigenvalue weighted by Gasteiger charge is 2.17. The van der Waals surface area contributed by atoms with Gasteiger partial charge in [-0.3, -0.25) is 9.89 Å². The lowest BCUT2D eigenvalue weighted by molar-refractivity contribution is 0.0785. The Morgan fingerprint density at radius 1 is 1.22 bits per heavy atom. The number of H-pyrrole nitrogens is 1. The largest absolute Gasteiger partial charge is 0.493 e. The first kappa shape index (κ1) is 21.1. The van der Waals surface area contributed by atoms with Crippen molar-refractivity contribution in [3.05, 3.63) is 89.2 Å². The van der Waals surface area contributed by atoms with Crippen LogP contribution < -0.4 is 4.74 Å². The van der Waals surface area contributed by atoms with Crippen LogP contribution >= 0.6 is 0 Å². The molecule has 4 aromatic rings. The number of carbonyl (C=O) groups excluding carboxylic acids is 1. The van der Waals surface area contributed by atoms with Gasteiger partial charge in [0.1, 0.15) is 11.6 Å². The van der Waals surface area contributed by atoms with E-state index in [1.165, 1.54) is 12.1 Å². The Morgan fingerprint density at radius 3 is 2.84 bits per heavy atom. The molecule has 0 saturated heterocycles. The number of aromatic nitrogens is 2. The predicted octanol–water partition coefficient (Wildman–Crippen LogP) is 5.59. The number of rotatable bonds is 6. The van der Waals surface area contributed by atoms with Crippen LogP contribution in [-0.2, 0) is 6.54 Å². The number of carbonyl (C=O) groups is 1. The molecule has 0 saturated carbocycles. The molecule has 0 spiro atoms. The second-order valence-electron chi connectivity index (χ2n) is 7.37. The lowest BCUT2D eigenvalue weighted by Crippen LogP contribution is -2.26. The molecule has 1 amide bonds. The van der Waals surface area contributed by atoms with E-state index in [-0.39, 0.29) is 11.6 Å². The molecule has 7 heteroatoms.